The van der Waals surface area contributed by atoms with Gasteiger partial charge in [0.15, 0.2) is 0 Å². The van der Waals surface area contributed by atoms with Crippen LogP contribution in [0.25, 0.3) is 0 Å². The van der Waals surface area contributed by atoms with E-state index in [4.69, 9.17) is 10.00 Å². The molecular weight excluding hydrogens is 409 g/mol. The molecule has 0 N–H and O–H groups in total. The van der Waals surface area contributed by atoms with Gasteiger partial charge < -0.3 is 9.64 Å². The fraction of sp³-hybridized carbons (Fsp3) is 0.200. The van der Waals surface area contributed by atoms with Crippen molar-refractivity contribution in [3.05, 3.63) is 100 Å². The van der Waals surface area contributed by atoms with Crippen LogP contribution in [-0.2, 0) is 17.8 Å². The lowest BCUT2D eigenvalue weighted by molar-refractivity contribution is 0.0524. The van der Waals surface area contributed by atoms with Crippen LogP contribution in [0.1, 0.15) is 50.2 Å². The number of amides is 1. The quantitative estimate of drug-likeness (QED) is 0.517. The minimum absolute atomic E-state index is 0.164. The summed E-state index contributed by atoms with van der Waals surface area (Å²) >= 11 is 0. The number of nitriles is 1. The van der Waals surface area contributed by atoms with Gasteiger partial charge in [-0.3, -0.25) is 4.79 Å². The molecule has 0 radical (unpaired) electrons. The fourth-order valence-corrected chi connectivity index (χ4v) is 3.23. The topological polar surface area (TPSA) is 83.3 Å². The molecule has 32 heavy (non-hydrogen) atoms. The Hall–Kier alpha value is -4.05. The Bertz CT molecular complexity index is 1170. The predicted octanol–water partition coefficient (Wildman–Crippen LogP) is 4.42. The molecule has 162 valence electrons. The molecule has 0 bridgehead atoms. The maximum atomic E-state index is 13.7. The Labute approximate surface area is 185 Å². The van der Waals surface area contributed by atoms with Crippen molar-refractivity contribution in [3.8, 4) is 6.07 Å². The van der Waals surface area contributed by atoms with E-state index < -0.39 is 5.97 Å². The van der Waals surface area contributed by atoms with E-state index >= 15 is 0 Å². The van der Waals surface area contributed by atoms with E-state index in [-0.39, 0.29) is 37.1 Å². The van der Waals surface area contributed by atoms with Crippen LogP contribution in [0, 0.1) is 24.1 Å². The molecule has 0 aliphatic heterocycles. The third kappa shape index (κ3) is 5.55. The number of rotatable bonds is 7. The predicted molar refractivity (Wildman–Crippen MR) is 116 cm³/mol. The monoisotopic (exact) mass is 431 g/mol. The molecule has 3 rings (SSSR count). The van der Waals surface area contributed by atoms with Crippen LogP contribution in [-0.4, -0.2) is 28.4 Å². The van der Waals surface area contributed by atoms with Crippen LogP contribution < -0.4 is 0 Å². The lowest BCUT2D eigenvalue weighted by Gasteiger charge is -2.23. The summed E-state index contributed by atoms with van der Waals surface area (Å²) in [6, 6.07) is 18.0. The van der Waals surface area contributed by atoms with Crippen LogP contribution in [0.5, 0.6) is 0 Å². The van der Waals surface area contributed by atoms with Gasteiger partial charge in [-0.1, -0.05) is 24.3 Å². The van der Waals surface area contributed by atoms with Gasteiger partial charge in [0.05, 0.1) is 29.5 Å². The highest BCUT2D eigenvalue weighted by atomic mass is 19.1. The average Bonchev–Trinajstić information content (AvgIpc) is 2.78. The van der Waals surface area contributed by atoms with E-state index in [0.29, 0.717) is 22.4 Å². The molecule has 1 aromatic heterocycles. The summed E-state index contributed by atoms with van der Waals surface area (Å²) in [6.07, 6.45) is 0. The highest BCUT2D eigenvalue weighted by Gasteiger charge is 2.21. The van der Waals surface area contributed by atoms with E-state index in [1.165, 1.54) is 24.3 Å². The maximum absolute atomic E-state index is 13.7. The zero-order valence-electron chi connectivity index (χ0n) is 17.8. The summed E-state index contributed by atoms with van der Waals surface area (Å²) in [4.78, 5) is 31.2. The number of nitrogens with zero attached hydrogens (tertiary/aromatic N) is 3. The van der Waals surface area contributed by atoms with Crippen LogP contribution in [0.15, 0.2) is 60.7 Å². The van der Waals surface area contributed by atoms with Crippen LogP contribution in [0.3, 0.4) is 0 Å². The Morgan fingerprint density at radius 1 is 1.06 bits per heavy atom. The van der Waals surface area contributed by atoms with Crippen molar-refractivity contribution < 1.29 is 18.7 Å². The summed E-state index contributed by atoms with van der Waals surface area (Å²) in [6.45, 7) is 4.00. The number of pyridine rings is 1. The lowest BCUT2D eigenvalue weighted by atomic mass is 10.1. The van der Waals surface area contributed by atoms with Crippen LogP contribution in [0.4, 0.5) is 4.39 Å². The number of carbonyl (C=O) groups is 2. The summed E-state index contributed by atoms with van der Waals surface area (Å²) in [5, 5.41) is 9.00. The van der Waals surface area contributed by atoms with E-state index in [2.05, 4.69) is 11.1 Å². The molecule has 2 aromatic carbocycles. The Morgan fingerprint density at radius 3 is 2.41 bits per heavy atom. The van der Waals surface area contributed by atoms with E-state index in [1.54, 1.807) is 55.1 Å². The second kappa shape index (κ2) is 10.3. The third-order valence-corrected chi connectivity index (χ3v) is 4.81. The van der Waals surface area contributed by atoms with Gasteiger partial charge in [-0.2, -0.15) is 5.26 Å². The molecule has 0 spiro atoms. The third-order valence-electron chi connectivity index (χ3n) is 4.81. The van der Waals surface area contributed by atoms with Crippen LogP contribution in [0.2, 0.25) is 0 Å². The number of ether oxygens (including phenoxy) is 1. The molecule has 0 fully saturated rings. The van der Waals surface area contributed by atoms with Crippen molar-refractivity contribution in [1.82, 2.24) is 9.88 Å². The van der Waals surface area contributed by atoms with Crippen molar-refractivity contribution in [2.24, 2.45) is 0 Å². The van der Waals surface area contributed by atoms with Gasteiger partial charge in [0.2, 0.25) is 0 Å². The maximum Gasteiger partial charge on any atom is 0.339 e. The molecule has 1 amide bonds. The van der Waals surface area contributed by atoms with Gasteiger partial charge in [-0.25, -0.2) is 14.2 Å². The van der Waals surface area contributed by atoms with E-state index in [9.17, 15) is 14.0 Å². The first-order valence-electron chi connectivity index (χ1n) is 10.1. The molecule has 0 unspecified atom stereocenters. The molecular formula is C25H22FN3O3. The first kappa shape index (κ1) is 22.6. The number of aryl methyl sites for hydroxylation is 1. The molecule has 0 atom stereocenters. The van der Waals surface area contributed by atoms with Gasteiger partial charge in [0.25, 0.3) is 5.91 Å². The van der Waals surface area contributed by atoms with Crippen molar-refractivity contribution >= 4 is 11.9 Å². The number of carbonyl (C=O) groups excluding carboxylic acids is 2. The van der Waals surface area contributed by atoms with Crippen molar-refractivity contribution in [3.63, 3.8) is 0 Å². The highest BCUT2D eigenvalue weighted by Crippen LogP contribution is 2.17. The Balaban J connectivity index is 1.90. The molecule has 0 aliphatic carbocycles. The van der Waals surface area contributed by atoms with Crippen molar-refractivity contribution in [2.75, 3.05) is 6.61 Å². The minimum Gasteiger partial charge on any atom is -0.462 e. The highest BCUT2D eigenvalue weighted by molar-refractivity contribution is 5.95. The Kier molecular flexibility index (Phi) is 7.29. The molecule has 6 nitrogen and oxygen atoms in total. The average molecular weight is 431 g/mol. The van der Waals surface area contributed by atoms with Gasteiger partial charge in [-0.05, 0) is 61.4 Å². The van der Waals surface area contributed by atoms with Crippen molar-refractivity contribution in [2.45, 2.75) is 26.9 Å². The van der Waals surface area contributed by atoms with Gasteiger partial charge in [-0.15, -0.1) is 0 Å². The number of benzene rings is 2. The number of hydrogen-bond donors (Lipinski definition) is 0. The van der Waals surface area contributed by atoms with Crippen LogP contribution >= 0.6 is 0 Å². The largest absolute Gasteiger partial charge is 0.462 e. The smallest absolute Gasteiger partial charge is 0.339 e. The van der Waals surface area contributed by atoms with Gasteiger partial charge in [0, 0.05) is 13.1 Å². The second-order valence-corrected chi connectivity index (χ2v) is 7.15. The number of hydrogen-bond acceptors (Lipinski definition) is 5. The first-order valence-corrected chi connectivity index (χ1v) is 10.1. The summed E-state index contributed by atoms with van der Waals surface area (Å²) < 4.78 is 18.7. The summed E-state index contributed by atoms with van der Waals surface area (Å²) in [5.74, 6) is -1.25. The first-order chi connectivity index (χ1) is 15.4. The summed E-state index contributed by atoms with van der Waals surface area (Å²) in [5.41, 5.74) is 2.82. The van der Waals surface area contributed by atoms with Gasteiger partial charge in [0.1, 0.15) is 11.5 Å². The SMILES string of the molecule is CCOC(=O)c1ccc(C(=O)N(Cc2ccc(C#N)cc2)Cc2cccc(F)c2)nc1C. The zero-order valence-corrected chi connectivity index (χ0v) is 17.8. The molecule has 0 saturated carbocycles. The summed E-state index contributed by atoms with van der Waals surface area (Å²) in [7, 11) is 0. The number of halogens is 1. The van der Waals surface area contributed by atoms with E-state index in [1.807, 2.05) is 0 Å². The fourth-order valence-electron chi connectivity index (χ4n) is 3.23. The molecule has 0 aliphatic rings. The van der Waals surface area contributed by atoms with Gasteiger partial charge >= 0.3 is 5.97 Å². The molecule has 1 heterocycles. The molecule has 0 saturated heterocycles. The minimum atomic E-state index is -0.495. The van der Waals surface area contributed by atoms with E-state index in [0.717, 1.165) is 5.56 Å². The van der Waals surface area contributed by atoms with Crippen molar-refractivity contribution in [1.29, 1.82) is 5.26 Å². The second-order valence-electron chi connectivity index (χ2n) is 7.15. The normalized spacial score (nSPS) is 10.3. The Morgan fingerprint density at radius 2 is 1.78 bits per heavy atom. The molecule has 7 heteroatoms. The lowest BCUT2D eigenvalue weighted by Crippen LogP contribution is -2.31. The number of esters is 1. The molecule has 3 aromatic rings. The number of aromatic nitrogens is 1. The zero-order chi connectivity index (χ0) is 23.1. The standard InChI is InChI=1S/C25H22FN3O3/c1-3-32-25(31)22-11-12-23(28-17(22)2)24(30)29(16-20-5-4-6-21(26)13-20)15-19-9-7-18(14-27)8-10-19/h4-13H,3,15-16H2,1-2H3.